The predicted octanol–water partition coefficient (Wildman–Crippen LogP) is 0.725. The molecule has 0 bridgehead atoms. The Balaban J connectivity index is 1.66. The number of likely N-dealkylation sites (tertiary alicyclic amines) is 1. The van der Waals surface area contributed by atoms with E-state index in [-0.39, 0.29) is 5.91 Å². The minimum atomic E-state index is 0.170. The van der Waals surface area contributed by atoms with E-state index in [0.717, 1.165) is 25.3 Å². The van der Waals surface area contributed by atoms with E-state index in [0.29, 0.717) is 13.1 Å². The number of hydrogen-bond acceptors (Lipinski definition) is 4. The molecule has 1 aromatic heterocycles. The van der Waals surface area contributed by atoms with Gasteiger partial charge in [-0.2, -0.15) is 0 Å². The number of likely N-dealkylation sites (N-methyl/N-ethyl adjacent to an activating group) is 1. The van der Waals surface area contributed by atoms with Crippen LogP contribution < -0.4 is 5.32 Å². The van der Waals surface area contributed by atoms with Crippen molar-refractivity contribution in [2.75, 3.05) is 39.3 Å². The summed E-state index contributed by atoms with van der Waals surface area (Å²) >= 11 is 0. The molecule has 1 fully saturated rings. The molecule has 1 saturated heterocycles. The summed E-state index contributed by atoms with van der Waals surface area (Å²) < 4.78 is 0. The number of carbonyl (C=O) groups is 1. The highest BCUT2D eigenvalue weighted by Crippen LogP contribution is 2.05. The second kappa shape index (κ2) is 7.97. The van der Waals surface area contributed by atoms with Gasteiger partial charge < -0.3 is 15.1 Å². The fourth-order valence-corrected chi connectivity index (χ4v) is 2.24. The van der Waals surface area contributed by atoms with E-state index in [1.807, 2.05) is 30.0 Å². The first-order valence-corrected chi connectivity index (χ1v) is 7.40. The monoisotopic (exact) mass is 276 g/mol. The molecular formula is C15H24N4O. The quantitative estimate of drug-likeness (QED) is 0.760. The number of amides is 1. The van der Waals surface area contributed by atoms with Crippen LogP contribution in [0.3, 0.4) is 0 Å². The summed E-state index contributed by atoms with van der Waals surface area (Å²) in [5.41, 5.74) is 0.962. The van der Waals surface area contributed by atoms with Gasteiger partial charge in [-0.3, -0.25) is 9.78 Å². The summed E-state index contributed by atoms with van der Waals surface area (Å²) in [6.45, 7) is 8.03. The predicted molar refractivity (Wildman–Crippen MR) is 79.3 cm³/mol. The molecule has 0 aromatic carbocycles. The molecule has 1 aromatic rings. The van der Waals surface area contributed by atoms with Crippen LogP contribution in [0.15, 0.2) is 24.4 Å². The maximum Gasteiger partial charge on any atom is 0.236 e. The molecule has 0 radical (unpaired) electrons. The van der Waals surface area contributed by atoms with E-state index >= 15 is 0 Å². The number of nitrogens with zero attached hydrogens (tertiary/aromatic N) is 3. The molecule has 0 atom stereocenters. The molecule has 1 aliphatic heterocycles. The van der Waals surface area contributed by atoms with Crippen LogP contribution in [0, 0.1) is 0 Å². The van der Waals surface area contributed by atoms with E-state index in [1.54, 1.807) is 6.20 Å². The maximum absolute atomic E-state index is 12.1. The van der Waals surface area contributed by atoms with Crippen molar-refractivity contribution in [2.24, 2.45) is 0 Å². The molecule has 0 saturated carbocycles. The number of aromatic nitrogens is 1. The lowest BCUT2D eigenvalue weighted by atomic mass is 10.2. The van der Waals surface area contributed by atoms with Crippen molar-refractivity contribution in [3.63, 3.8) is 0 Å². The van der Waals surface area contributed by atoms with Crippen molar-refractivity contribution in [2.45, 2.75) is 19.9 Å². The summed E-state index contributed by atoms with van der Waals surface area (Å²) in [4.78, 5) is 20.6. The molecule has 1 aliphatic rings. The summed E-state index contributed by atoms with van der Waals surface area (Å²) in [6, 6.07) is 5.81. The standard InChI is InChI=1S/C15H24N4O/c1-2-19(11-10-18-8-5-9-18)15(20)13-16-12-14-6-3-4-7-17-14/h3-4,6-7,16H,2,5,8-13H2,1H3. The molecule has 1 amide bonds. The zero-order valence-electron chi connectivity index (χ0n) is 12.2. The molecule has 1 N–H and O–H groups in total. The largest absolute Gasteiger partial charge is 0.341 e. The Hall–Kier alpha value is -1.46. The molecule has 0 spiro atoms. The Morgan fingerprint density at radius 1 is 1.45 bits per heavy atom. The molecule has 20 heavy (non-hydrogen) atoms. The van der Waals surface area contributed by atoms with E-state index in [9.17, 15) is 4.79 Å². The van der Waals surface area contributed by atoms with Gasteiger partial charge in [-0.05, 0) is 38.6 Å². The van der Waals surface area contributed by atoms with Crippen LogP contribution >= 0.6 is 0 Å². The first kappa shape index (κ1) is 14.9. The SMILES string of the molecule is CCN(CCN1CCC1)C(=O)CNCc1ccccn1. The topological polar surface area (TPSA) is 48.5 Å². The van der Waals surface area contributed by atoms with Gasteiger partial charge >= 0.3 is 0 Å². The van der Waals surface area contributed by atoms with E-state index in [2.05, 4.69) is 15.2 Å². The molecule has 0 aliphatic carbocycles. The van der Waals surface area contributed by atoms with Gasteiger partial charge in [0.2, 0.25) is 5.91 Å². The third-order valence-corrected chi connectivity index (χ3v) is 3.68. The third kappa shape index (κ3) is 4.58. The van der Waals surface area contributed by atoms with Gasteiger partial charge in [0.1, 0.15) is 0 Å². The van der Waals surface area contributed by atoms with Gasteiger partial charge in [-0.25, -0.2) is 0 Å². The number of rotatable bonds is 8. The summed E-state index contributed by atoms with van der Waals surface area (Å²) in [5, 5.41) is 3.16. The molecular weight excluding hydrogens is 252 g/mol. The van der Waals surface area contributed by atoms with Crippen molar-refractivity contribution in [3.05, 3.63) is 30.1 Å². The first-order chi connectivity index (χ1) is 9.79. The number of nitrogens with one attached hydrogen (secondary N) is 1. The zero-order valence-corrected chi connectivity index (χ0v) is 12.2. The van der Waals surface area contributed by atoms with Crippen LogP contribution in [0.4, 0.5) is 0 Å². The maximum atomic E-state index is 12.1. The zero-order chi connectivity index (χ0) is 14.2. The second-order valence-corrected chi connectivity index (χ2v) is 5.09. The molecule has 0 unspecified atom stereocenters. The van der Waals surface area contributed by atoms with Gasteiger partial charge in [-0.15, -0.1) is 0 Å². The van der Waals surface area contributed by atoms with Crippen LogP contribution in [0.5, 0.6) is 0 Å². The Bertz CT molecular complexity index is 406. The minimum absolute atomic E-state index is 0.170. The van der Waals surface area contributed by atoms with Gasteiger partial charge in [-0.1, -0.05) is 6.07 Å². The van der Waals surface area contributed by atoms with E-state index < -0.39 is 0 Å². The first-order valence-electron chi connectivity index (χ1n) is 7.40. The lowest BCUT2D eigenvalue weighted by Gasteiger charge is -2.33. The second-order valence-electron chi connectivity index (χ2n) is 5.09. The van der Waals surface area contributed by atoms with Crippen LogP contribution in [0.25, 0.3) is 0 Å². The van der Waals surface area contributed by atoms with Crippen molar-refractivity contribution >= 4 is 5.91 Å². The summed E-state index contributed by atoms with van der Waals surface area (Å²) in [7, 11) is 0. The van der Waals surface area contributed by atoms with Crippen molar-refractivity contribution in [1.82, 2.24) is 20.1 Å². The average molecular weight is 276 g/mol. The van der Waals surface area contributed by atoms with Gasteiger partial charge in [0.25, 0.3) is 0 Å². The van der Waals surface area contributed by atoms with Crippen LogP contribution in [-0.4, -0.2) is 60.0 Å². The fraction of sp³-hybridized carbons (Fsp3) is 0.600. The van der Waals surface area contributed by atoms with Crippen LogP contribution in [0.2, 0.25) is 0 Å². The van der Waals surface area contributed by atoms with E-state index in [1.165, 1.54) is 19.5 Å². The number of carbonyl (C=O) groups excluding carboxylic acids is 1. The fourth-order valence-electron chi connectivity index (χ4n) is 2.24. The van der Waals surface area contributed by atoms with Crippen molar-refractivity contribution < 1.29 is 4.79 Å². The minimum Gasteiger partial charge on any atom is -0.341 e. The normalized spacial score (nSPS) is 14.8. The van der Waals surface area contributed by atoms with Gasteiger partial charge in [0, 0.05) is 32.4 Å². The van der Waals surface area contributed by atoms with Gasteiger partial charge in [0.15, 0.2) is 0 Å². The Morgan fingerprint density at radius 3 is 2.90 bits per heavy atom. The third-order valence-electron chi connectivity index (χ3n) is 3.68. The molecule has 2 heterocycles. The summed E-state index contributed by atoms with van der Waals surface area (Å²) in [5.74, 6) is 0.170. The lowest BCUT2D eigenvalue weighted by Crippen LogP contribution is -2.45. The smallest absolute Gasteiger partial charge is 0.236 e. The molecule has 110 valence electrons. The molecule has 2 rings (SSSR count). The Morgan fingerprint density at radius 2 is 2.30 bits per heavy atom. The van der Waals surface area contributed by atoms with E-state index in [4.69, 9.17) is 0 Å². The molecule has 5 heteroatoms. The van der Waals surface area contributed by atoms with Gasteiger partial charge in [0.05, 0.1) is 12.2 Å². The Labute approximate surface area is 121 Å². The van der Waals surface area contributed by atoms with Crippen molar-refractivity contribution in [1.29, 1.82) is 0 Å². The van der Waals surface area contributed by atoms with Crippen molar-refractivity contribution in [3.8, 4) is 0 Å². The van der Waals surface area contributed by atoms with Crippen LogP contribution in [-0.2, 0) is 11.3 Å². The number of pyridine rings is 1. The number of hydrogen-bond donors (Lipinski definition) is 1. The Kier molecular flexibility index (Phi) is 5.95. The lowest BCUT2D eigenvalue weighted by molar-refractivity contribution is -0.130. The highest BCUT2D eigenvalue weighted by atomic mass is 16.2. The highest BCUT2D eigenvalue weighted by molar-refractivity contribution is 5.78. The molecule has 5 nitrogen and oxygen atoms in total. The van der Waals surface area contributed by atoms with Crippen LogP contribution in [0.1, 0.15) is 19.0 Å². The summed E-state index contributed by atoms with van der Waals surface area (Å²) in [6.07, 6.45) is 3.07. The average Bonchev–Trinajstić information content (AvgIpc) is 2.42. The highest BCUT2D eigenvalue weighted by Gasteiger charge is 2.16.